The highest BCUT2D eigenvalue weighted by atomic mass is 35.5. The van der Waals surface area contributed by atoms with Gasteiger partial charge in [-0.15, -0.1) is 0 Å². The second kappa shape index (κ2) is 7.03. The Balaban J connectivity index is 2.01. The summed E-state index contributed by atoms with van der Waals surface area (Å²) in [6.45, 7) is 2.00. The molecule has 0 unspecified atom stereocenters. The monoisotopic (exact) mass is 359 g/mol. The number of nitrogens with one attached hydrogen (secondary N) is 1. The average Bonchev–Trinajstić information content (AvgIpc) is 3.01. The number of benzene rings is 1. The van der Waals surface area contributed by atoms with E-state index >= 15 is 0 Å². The van der Waals surface area contributed by atoms with Crippen molar-refractivity contribution in [2.75, 3.05) is 19.5 Å². The number of rotatable bonds is 5. The van der Waals surface area contributed by atoms with Gasteiger partial charge in [0.2, 0.25) is 0 Å². The highest BCUT2D eigenvalue weighted by Gasteiger charge is 2.19. The first-order chi connectivity index (χ1) is 12.1. The molecule has 2 heterocycles. The number of nitrogens with zero attached hydrogens (tertiary/aromatic N) is 2. The summed E-state index contributed by atoms with van der Waals surface area (Å²) in [5.41, 5.74) is 1.56. The summed E-state index contributed by atoms with van der Waals surface area (Å²) in [5, 5.41) is 3.23. The van der Waals surface area contributed by atoms with E-state index in [4.69, 9.17) is 21.1 Å². The van der Waals surface area contributed by atoms with Crippen LogP contribution in [-0.4, -0.2) is 29.5 Å². The Morgan fingerprint density at radius 1 is 1.24 bits per heavy atom. The van der Waals surface area contributed by atoms with Gasteiger partial charge in [-0.25, -0.2) is 4.98 Å². The molecule has 0 atom stereocenters. The molecule has 0 aliphatic carbocycles. The average molecular weight is 360 g/mol. The number of methoxy groups -OCH3 is 2. The molecular weight excluding hydrogens is 342 g/mol. The van der Waals surface area contributed by atoms with Gasteiger partial charge in [-0.3, -0.25) is 4.79 Å². The number of pyridine rings is 1. The van der Waals surface area contributed by atoms with E-state index in [9.17, 15) is 4.79 Å². The standard InChI is InChI=1S/C18H18ClN3O3/c1-4-16-21-17(13-7-5-6-8-22(13)16)18(23)20-12-10-14(24-2)11(19)9-15(12)25-3/h5-10H,4H2,1-3H3,(H,20,23). The minimum absolute atomic E-state index is 0.328. The van der Waals surface area contributed by atoms with Crippen molar-refractivity contribution in [2.24, 2.45) is 0 Å². The fourth-order valence-corrected chi connectivity index (χ4v) is 2.89. The second-order valence-electron chi connectivity index (χ2n) is 5.33. The number of imidazole rings is 1. The van der Waals surface area contributed by atoms with E-state index in [-0.39, 0.29) is 5.91 Å². The highest BCUT2D eigenvalue weighted by Crippen LogP contribution is 2.36. The van der Waals surface area contributed by atoms with Gasteiger partial charge >= 0.3 is 0 Å². The minimum Gasteiger partial charge on any atom is -0.495 e. The molecule has 3 aromatic rings. The van der Waals surface area contributed by atoms with E-state index in [1.165, 1.54) is 14.2 Å². The largest absolute Gasteiger partial charge is 0.495 e. The number of carbonyl (C=O) groups is 1. The quantitative estimate of drug-likeness (QED) is 0.752. The van der Waals surface area contributed by atoms with Crippen molar-refractivity contribution >= 4 is 28.7 Å². The van der Waals surface area contributed by atoms with Crippen LogP contribution in [0.15, 0.2) is 36.5 Å². The zero-order valence-electron chi connectivity index (χ0n) is 14.2. The lowest BCUT2D eigenvalue weighted by atomic mass is 10.2. The van der Waals surface area contributed by atoms with Crippen molar-refractivity contribution in [3.05, 3.63) is 53.1 Å². The van der Waals surface area contributed by atoms with E-state index in [2.05, 4.69) is 10.3 Å². The smallest absolute Gasteiger partial charge is 0.276 e. The maximum Gasteiger partial charge on any atom is 0.276 e. The molecule has 0 aliphatic heterocycles. The van der Waals surface area contributed by atoms with Gasteiger partial charge in [0, 0.05) is 24.8 Å². The Morgan fingerprint density at radius 2 is 2.00 bits per heavy atom. The predicted molar refractivity (Wildman–Crippen MR) is 97.1 cm³/mol. The number of halogens is 1. The number of amides is 1. The highest BCUT2D eigenvalue weighted by molar-refractivity contribution is 6.32. The van der Waals surface area contributed by atoms with Crippen LogP contribution in [0.5, 0.6) is 11.5 Å². The van der Waals surface area contributed by atoms with Crippen LogP contribution in [0.25, 0.3) is 5.52 Å². The van der Waals surface area contributed by atoms with Crippen LogP contribution in [0.4, 0.5) is 5.69 Å². The molecule has 25 heavy (non-hydrogen) atoms. The zero-order valence-corrected chi connectivity index (χ0v) is 14.9. The third-order valence-corrected chi connectivity index (χ3v) is 4.17. The van der Waals surface area contributed by atoms with E-state index < -0.39 is 0 Å². The van der Waals surface area contributed by atoms with E-state index in [0.717, 1.165) is 17.8 Å². The van der Waals surface area contributed by atoms with Crippen LogP contribution in [-0.2, 0) is 6.42 Å². The van der Waals surface area contributed by atoms with Crippen molar-refractivity contribution < 1.29 is 14.3 Å². The summed E-state index contributed by atoms with van der Waals surface area (Å²) >= 11 is 6.10. The number of hydrogen-bond acceptors (Lipinski definition) is 4. The summed E-state index contributed by atoms with van der Waals surface area (Å²) < 4.78 is 12.4. The SMILES string of the molecule is CCc1nc(C(=O)Nc2cc(OC)c(Cl)cc2OC)c2ccccn12. The molecule has 0 bridgehead atoms. The summed E-state index contributed by atoms with van der Waals surface area (Å²) in [7, 11) is 3.02. The van der Waals surface area contributed by atoms with Crippen LogP contribution < -0.4 is 14.8 Å². The van der Waals surface area contributed by atoms with Crippen LogP contribution >= 0.6 is 11.6 Å². The molecule has 0 saturated heterocycles. The molecule has 0 fully saturated rings. The van der Waals surface area contributed by atoms with Gasteiger partial charge in [-0.2, -0.15) is 0 Å². The lowest BCUT2D eigenvalue weighted by molar-refractivity contribution is 0.102. The Kier molecular flexibility index (Phi) is 4.81. The molecule has 7 heteroatoms. The number of aromatic nitrogens is 2. The van der Waals surface area contributed by atoms with Crippen molar-refractivity contribution in [1.82, 2.24) is 9.38 Å². The van der Waals surface area contributed by atoms with E-state index in [0.29, 0.717) is 27.9 Å². The Morgan fingerprint density at radius 3 is 2.68 bits per heavy atom. The summed E-state index contributed by atoms with van der Waals surface area (Å²) in [6.07, 6.45) is 2.61. The zero-order chi connectivity index (χ0) is 18.0. The molecule has 3 rings (SSSR count). The summed E-state index contributed by atoms with van der Waals surface area (Å²) in [5.74, 6) is 1.38. The molecule has 0 radical (unpaired) electrons. The van der Waals surface area contributed by atoms with E-state index in [1.807, 2.05) is 35.7 Å². The first-order valence-corrected chi connectivity index (χ1v) is 8.15. The molecule has 130 valence electrons. The lowest BCUT2D eigenvalue weighted by Gasteiger charge is -2.12. The molecule has 0 aliphatic rings. The topological polar surface area (TPSA) is 64.9 Å². The second-order valence-corrected chi connectivity index (χ2v) is 5.73. The molecule has 0 spiro atoms. The van der Waals surface area contributed by atoms with Crippen LogP contribution in [0.3, 0.4) is 0 Å². The maximum absolute atomic E-state index is 12.8. The maximum atomic E-state index is 12.8. The fraction of sp³-hybridized carbons (Fsp3) is 0.222. The lowest BCUT2D eigenvalue weighted by Crippen LogP contribution is -2.14. The normalized spacial score (nSPS) is 10.7. The fourth-order valence-electron chi connectivity index (χ4n) is 2.66. The summed E-state index contributed by atoms with van der Waals surface area (Å²) in [6, 6.07) is 8.86. The molecule has 1 aromatic carbocycles. The minimum atomic E-state index is -0.328. The van der Waals surface area contributed by atoms with Gasteiger partial charge in [0.1, 0.15) is 17.3 Å². The third kappa shape index (κ3) is 3.13. The number of hydrogen-bond donors (Lipinski definition) is 1. The molecular formula is C18H18ClN3O3. The number of carbonyl (C=O) groups excluding carboxylic acids is 1. The van der Waals surface area contributed by atoms with Gasteiger partial charge in [0.05, 0.1) is 30.4 Å². The third-order valence-electron chi connectivity index (χ3n) is 3.87. The number of aryl methyl sites for hydroxylation is 1. The van der Waals surface area contributed by atoms with Crippen LogP contribution in [0, 0.1) is 0 Å². The number of ether oxygens (including phenoxy) is 2. The van der Waals surface area contributed by atoms with Crippen LogP contribution in [0.1, 0.15) is 23.2 Å². The molecule has 1 N–H and O–H groups in total. The summed E-state index contributed by atoms with van der Waals surface area (Å²) in [4.78, 5) is 17.3. The number of fused-ring (bicyclic) bond motifs is 1. The van der Waals surface area contributed by atoms with Crippen molar-refractivity contribution in [3.63, 3.8) is 0 Å². The Labute approximate surface area is 150 Å². The van der Waals surface area contributed by atoms with Gasteiger partial charge in [-0.1, -0.05) is 24.6 Å². The predicted octanol–water partition coefficient (Wildman–Crippen LogP) is 3.82. The molecule has 0 saturated carbocycles. The first-order valence-electron chi connectivity index (χ1n) is 7.77. The molecule has 1 amide bonds. The van der Waals surface area contributed by atoms with E-state index in [1.54, 1.807) is 12.1 Å². The number of anilines is 1. The molecule has 6 nitrogen and oxygen atoms in total. The first kappa shape index (κ1) is 17.1. The van der Waals surface area contributed by atoms with Gasteiger partial charge < -0.3 is 19.2 Å². The Hall–Kier alpha value is -2.73. The van der Waals surface area contributed by atoms with Gasteiger partial charge in [-0.05, 0) is 12.1 Å². The Bertz CT molecular complexity index is 937. The van der Waals surface area contributed by atoms with Crippen molar-refractivity contribution in [2.45, 2.75) is 13.3 Å². The molecule has 2 aromatic heterocycles. The van der Waals surface area contributed by atoms with Crippen molar-refractivity contribution in [1.29, 1.82) is 0 Å². The van der Waals surface area contributed by atoms with Gasteiger partial charge in [0.15, 0.2) is 5.69 Å². The van der Waals surface area contributed by atoms with Crippen molar-refractivity contribution in [3.8, 4) is 11.5 Å². The van der Waals surface area contributed by atoms with Crippen LogP contribution in [0.2, 0.25) is 5.02 Å². The van der Waals surface area contributed by atoms with Gasteiger partial charge in [0.25, 0.3) is 5.91 Å².